The van der Waals surface area contributed by atoms with Crippen LogP contribution in [0.3, 0.4) is 0 Å². The Balaban J connectivity index is 1.46. The van der Waals surface area contributed by atoms with E-state index >= 15 is 0 Å². The first-order chi connectivity index (χ1) is 14.7. The minimum Gasteiger partial charge on any atom is -0.496 e. The van der Waals surface area contributed by atoms with Crippen molar-refractivity contribution in [2.45, 2.75) is 17.9 Å². The van der Waals surface area contributed by atoms with E-state index in [-0.39, 0.29) is 5.91 Å². The van der Waals surface area contributed by atoms with E-state index in [1.165, 1.54) is 30.0 Å². The van der Waals surface area contributed by atoms with Gasteiger partial charge in [-0.05, 0) is 24.3 Å². The summed E-state index contributed by atoms with van der Waals surface area (Å²) in [5, 5.41) is 11.2. The van der Waals surface area contributed by atoms with Crippen LogP contribution in [-0.2, 0) is 10.5 Å². The number of anilines is 2. The summed E-state index contributed by atoms with van der Waals surface area (Å²) in [6, 6.07) is 17.0. The third kappa shape index (κ3) is 4.37. The van der Waals surface area contributed by atoms with E-state index in [0.29, 0.717) is 27.7 Å². The lowest BCUT2D eigenvalue weighted by Gasteiger charge is -2.17. The maximum Gasteiger partial charge on any atom is 0.277 e. The minimum atomic E-state index is -0.0897. The molecule has 0 N–H and O–H groups in total. The monoisotopic (exact) mass is 438 g/mol. The summed E-state index contributed by atoms with van der Waals surface area (Å²) in [5.74, 6) is 1.53. The summed E-state index contributed by atoms with van der Waals surface area (Å²) in [4.78, 5) is 18.4. The van der Waals surface area contributed by atoms with Crippen molar-refractivity contribution in [1.82, 2.24) is 15.2 Å². The molecule has 0 radical (unpaired) electrons. The molecule has 0 aliphatic heterocycles. The average Bonchev–Trinajstić information content (AvgIpc) is 3.43. The van der Waals surface area contributed by atoms with E-state index in [9.17, 15) is 4.79 Å². The van der Waals surface area contributed by atoms with E-state index in [0.717, 1.165) is 16.9 Å². The van der Waals surface area contributed by atoms with Crippen molar-refractivity contribution in [2.75, 3.05) is 12.0 Å². The molecule has 0 aliphatic carbocycles. The predicted octanol–water partition coefficient (Wildman–Crippen LogP) is 5.18. The Kier molecular flexibility index (Phi) is 6.10. The topological polar surface area (TPSA) is 81.4 Å². The van der Waals surface area contributed by atoms with Gasteiger partial charge in [-0.25, -0.2) is 4.98 Å². The molecule has 30 heavy (non-hydrogen) atoms. The van der Waals surface area contributed by atoms with E-state index in [2.05, 4.69) is 15.2 Å². The molecule has 0 fully saturated rings. The van der Waals surface area contributed by atoms with Gasteiger partial charge in [-0.3, -0.25) is 9.69 Å². The molecule has 152 valence electrons. The van der Waals surface area contributed by atoms with Crippen LogP contribution in [0.15, 0.2) is 69.6 Å². The molecule has 0 unspecified atom stereocenters. The molecule has 4 rings (SSSR count). The van der Waals surface area contributed by atoms with Gasteiger partial charge in [0.2, 0.25) is 5.91 Å². The summed E-state index contributed by atoms with van der Waals surface area (Å²) in [5.41, 5.74) is 2.37. The fourth-order valence-corrected chi connectivity index (χ4v) is 4.45. The highest BCUT2D eigenvalue weighted by atomic mass is 32.2. The Morgan fingerprint density at radius 3 is 2.67 bits per heavy atom. The lowest BCUT2D eigenvalue weighted by molar-refractivity contribution is -0.115. The highest BCUT2D eigenvalue weighted by Gasteiger charge is 2.18. The van der Waals surface area contributed by atoms with Crippen molar-refractivity contribution in [2.24, 2.45) is 0 Å². The van der Waals surface area contributed by atoms with Crippen LogP contribution in [0, 0.1) is 0 Å². The molecule has 2 heterocycles. The van der Waals surface area contributed by atoms with Crippen LogP contribution in [0.2, 0.25) is 0 Å². The predicted molar refractivity (Wildman–Crippen MR) is 117 cm³/mol. The van der Waals surface area contributed by atoms with Crippen LogP contribution in [0.1, 0.15) is 12.6 Å². The maximum absolute atomic E-state index is 12.2. The number of benzene rings is 2. The van der Waals surface area contributed by atoms with Crippen molar-refractivity contribution < 1.29 is 13.9 Å². The number of hydrogen-bond donors (Lipinski definition) is 0. The maximum atomic E-state index is 12.2. The van der Waals surface area contributed by atoms with Gasteiger partial charge >= 0.3 is 0 Å². The number of thioether (sulfide) groups is 1. The van der Waals surface area contributed by atoms with Crippen LogP contribution in [0.25, 0.3) is 11.5 Å². The molecule has 7 nitrogen and oxygen atoms in total. The van der Waals surface area contributed by atoms with E-state index in [1.807, 2.05) is 60.0 Å². The zero-order valence-corrected chi connectivity index (χ0v) is 17.9. The Morgan fingerprint density at radius 1 is 1.13 bits per heavy atom. The number of hydrogen-bond acceptors (Lipinski definition) is 8. The molecule has 0 bridgehead atoms. The second-order valence-corrected chi connectivity index (χ2v) is 7.94. The summed E-state index contributed by atoms with van der Waals surface area (Å²) in [6.07, 6.45) is 0. The fraction of sp³-hybridized carbons (Fsp3) is 0.143. The molecule has 0 saturated carbocycles. The van der Waals surface area contributed by atoms with Crippen molar-refractivity contribution in [3.8, 4) is 17.2 Å². The summed E-state index contributed by atoms with van der Waals surface area (Å²) in [6.45, 7) is 1.53. The largest absolute Gasteiger partial charge is 0.496 e. The second kappa shape index (κ2) is 9.10. The number of para-hydroxylation sites is 2. The van der Waals surface area contributed by atoms with Gasteiger partial charge in [-0.2, -0.15) is 0 Å². The van der Waals surface area contributed by atoms with Gasteiger partial charge in [-0.1, -0.05) is 42.1 Å². The van der Waals surface area contributed by atoms with E-state index in [4.69, 9.17) is 9.15 Å². The van der Waals surface area contributed by atoms with Crippen molar-refractivity contribution in [3.63, 3.8) is 0 Å². The smallest absolute Gasteiger partial charge is 0.277 e. The van der Waals surface area contributed by atoms with Crippen molar-refractivity contribution in [1.29, 1.82) is 0 Å². The molecule has 0 atom stereocenters. The van der Waals surface area contributed by atoms with Gasteiger partial charge in [0.05, 0.1) is 24.1 Å². The third-order valence-electron chi connectivity index (χ3n) is 4.15. The molecule has 0 spiro atoms. The average molecular weight is 439 g/mol. The number of rotatable bonds is 7. The van der Waals surface area contributed by atoms with Crippen LogP contribution in [-0.4, -0.2) is 28.2 Å². The first-order valence-corrected chi connectivity index (χ1v) is 10.9. The number of thiazole rings is 1. The number of amides is 1. The number of carbonyl (C=O) groups excluding carboxylic acids is 1. The molecule has 2 aromatic heterocycles. The second-order valence-electron chi connectivity index (χ2n) is 6.17. The quantitative estimate of drug-likeness (QED) is 0.368. The zero-order chi connectivity index (χ0) is 20.9. The molecule has 2 aromatic carbocycles. The number of ether oxygens (including phenoxy) is 1. The van der Waals surface area contributed by atoms with Gasteiger partial charge in [0, 0.05) is 18.1 Å². The first kappa shape index (κ1) is 20.1. The van der Waals surface area contributed by atoms with Gasteiger partial charge in [0.1, 0.15) is 5.75 Å². The van der Waals surface area contributed by atoms with Crippen LogP contribution < -0.4 is 9.64 Å². The SMILES string of the molecule is COc1ccccc1-c1nnc(SCc2csc(N(C(C)=O)c3ccccc3)n2)o1. The summed E-state index contributed by atoms with van der Waals surface area (Å²) >= 11 is 2.81. The van der Waals surface area contributed by atoms with Crippen molar-refractivity contribution in [3.05, 3.63) is 65.7 Å². The third-order valence-corrected chi connectivity index (χ3v) is 5.87. The van der Waals surface area contributed by atoms with Gasteiger partial charge < -0.3 is 9.15 Å². The van der Waals surface area contributed by atoms with Crippen LogP contribution in [0.4, 0.5) is 10.8 Å². The summed E-state index contributed by atoms with van der Waals surface area (Å²) < 4.78 is 11.1. The lowest BCUT2D eigenvalue weighted by atomic mass is 10.2. The highest BCUT2D eigenvalue weighted by molar-refractivity contribution is 7.98. The Bertz CT molecular complexity index is 1140. The van der Waals surface area contributed by atoms with Gasteiger partial charge in [-0.15, -0.1) is 21.5 Å². The minimum absolute atomic E-state index is 0.0897. The number of nitrogens with zero attached hydrogens (tertiary/aromatic N) is 4. The van der Waals surface area contributed by atoms with Crippen LogP contribution in [0.5, 0.6) is 5.75 Å². The summed E-state index contributed by atoms with van der Waals surface area (Å²) in [7, 11) is 1.60. The Morgan fingerprint density at radius 2 is 1.90 bits per heavy atom. The number of methoxy groups -OCH3 is 1. The van der Waals surface area contributed by atoms with E-state index < -0.39 is 0 Å². The molecule has 9 heteroatoms. The highest BCUT2D eigenvalue weighted by Crippen LogP contribution is 2.33. The number of aromatic nitrogens is 3. The standard InChI is InChI=1S/C21H18N4O3S2/c1-14(26)25(16-8-4-3-5-9-16)20-22-15(12-29-20)13-30-21-24-23-19(28-21)17-10-6-7-11-18(17)27-2/h3-12H,13H2,1-2H3. The molecular formula is C21H18N4O3S2. The fourth-order valence-electron chi connectivity index (χ4n) is 2.80. The van der Waals surface area contributed by atoms with Crippen molar-refractivity contribution >= 4 is 39.8 Å². The lowest BCUT2D eigenvalue weighted by Crippen LogP contribution is -2.22. The van der Waals surface area contributed by atoms with Gasteiger partial charge in [0.15, 0.2) is 5.13 Å². The Labute approximate surface area is 181 Å². The van der Waals surface area contributed by atoms with Crippen LogP contribution >= 0.6 is 23.1 Å². The molecular weight excluding hydrogens is 420 g/mol. The normalized spacial score (nSPS) is 10.7. The molecule has 0 aliphatic rings. The molecule has 1 amide bonds. The Hall–Kier alpha value is -3.17. The molecule has 4 aromatic rings. The number of carbonyl (C=O) groups is 1. The molecule has 0 saturated heterocycles. The first-order valence-electron chi connectivity index (χ1n) is 9.05. The van der Waals surface area contributed by atoms with Gasteiger partial charge in [0.25, 0.3) is 11.1 Å². The van der Waals surface area contributed by atoms with E-state index in [1.54, 1.807) is 12.0 Å². The zero-order valence-electron chi connectivity index (χ0n) is 16.3.